The molecule has 1 amide bonds. The minimum atomic E-state index is -0.248. The van der Waals surface area contributed by atoms with E-state index in [4.69, 9.17) is 23.7 Å². The second-order valence-electron chi connectivity index (χ2n) is 10.1. The number of fused-ring (bicyclic) bond motifs is 1. The van der Waals surface area contributed by atoms with Crippen molar-refractivity contribution in [3.63, 3.8) is 0 Å². The van der Waals surface area contributed by atoms with E-state index in [1.807, 2.05) is 36.4 Å². The number of hydrogen-bond donors (Lipinski definition) is 0. The van der Waals surface area contributed by atoms with E-state index in [0.29, 0.717) is 35.0 Å². The molecule has 41 heavy (non-hydrogen) atoms. The largest absolute Gasteiger partial charge is 0.495 e. The molecule has 0 aliphatic carbocycles. The standard InChI is InChI=1S/C32H37N3O6/c1-37-27-9-7-6-8-26(27)35-14-12-34(13-15-35)22(16-21-10-11-28(38-2)29(17-21)39-3)18-25-23-19-30(40-4)31(41-5)20-24(23)32(36)33-25/h6-11,17,19-20,22H,12-16,18H2,1-5H3. The van der Waals surface area contributed by atoms with E-state index in [1.54, 1.807) is 41.6 Å². The van der Waals surface area contributed by atoms with Gasteiger partial charge in [0.1, 0.15) is 5.75 Å². The van der Waals surface area contributed by atoms with Gasteiger partial charge in [0.25, 0.3) is 5.91 Å². The summed E-state index contributed by atoms with van der Waals surface area (Å²) < 4.78 is 27.6. The third kappa shape index (κ3) is 5.81. The number of carbonyl (C=O) groups excluding carboxylic acids is 1. The van der Waals surface area contributed by atoms with E-state index in [0.717, 1.165) is 60.9 Å². The zero-order chi connectivity index (χ0) is 28.9. The van der Waals surface area contributed by atoms with Gasteiger partial charge < -0.3 is 28.6 Å². The summed E-state index contributed by atoms with van der Waals surface area (Å²) >= 11 is 0. The predicted octanol–water partition coefficient (Wildman–Crippen LogP) is 4.50. The van der Waals surface area contributed by atoms with Crippen LogP contribution in [0.15, 0.2) is 59.6 Å². The van der Waals surface area contributed by atoms with Crippen molar-refractivity contribution in [2.75, 3.05) is 66.6 Å². The molecule has 9 heteroatoms. The Bertz CT molecular complexity index is 1430. The van der Waals surface area contributed by atoms with Crippen LogP contribution >= 0.6 is 0 Å². The first-order valence-corrected chi connectivity index (χ1v) is 13.7. The summed E-state index contributed by atoms with van der Waals surface area (Å²) in [5.41, 5.74) is 4.34. The van der Waals surface area contributed by atoms with Crippen molar-refractivity contribution >= 4 is 17.3 Å². The van der Waals surface area contributed by atoms with E-state index in [9.17, 15) is 4.79 Å². The van der Waals surface area contributed by atoms with Crippen molar-refractivity contribution in [3.8, 4) is 28.7 Å². The maximum absolute atomic E-state index is 12.9. The lowest BCUT2D eigenvalue weighted by Crippen LogP contribution is -2.51. The number of hydrogen-bond acceptors (Lipinski definition) is 8. The Hall–Kier alpha value is -4.24. The molecule has 2 heterocycles. The van der Waals surface area contributed by atoms with Crippen LogP contribution in [0.1, 0.15) is 27.9 Å². The van der Waals surface area contributed by atoms with Crippen LogP contribution in [0.2, 0.25) is 0 Å². The highest BCUT2D eigenvalue weighted by Gasteiger charge is 2.32. The molecule has 0 radical (unpaired) electrons. The lowest BCUT2D eigenvalue weighted by Gasteiger charge is -2.40. The van der Waals surface area contributed by atoms with Crippen LogP contribution in [0.25, 0.3) is 0 Å². The highest BCUT2D eigenvalue weighted by molar-refractivity contribution is 6.21. The molecular weight excluding hydrogens is 522 g/mol. The summed E-state index contributed by atoms with van der Waals surface area (Å²) in [5, 5.41) is 0. The van der Waals surface area contributed by atoms with Gasteiger partial charge in [-0.05, 0) is 48.4 Å². The monoisotopic (exact) mass is 559 g/mol. The molecule has 2 aliphatic rings. The fourth-order valence-electron chi connectivity index (χ4n) is 5.75. The van der Waals surface area contributed by atoms with Crippen molar-refractivity contribution in [2.24, 2.45) is 4.99 Å². The van der Waals surface area contributed by atoms with E-state index in [2.05, 4.69) is 26.9 Å². The van der Waals surface area contributed by atoms with E-state index in [1.165, 1.54) is 0 Å². The summed E-state index contributed by atoms with van der Waals surface area (Å²) in [6, 6.07) is 17.9. The van der Waals surface area contributed by atoms with E-state index >= 15 is 0 Å². The molecule has 3 aromatic rings. The molecule has 0 bridgehead atoms. The number of para-hydroxylation sites is 2. The SMILES string of the molecule is COc1ccc(CC(CC2=NC(=O)c3cc(OC)c(OC)cc32)N2CCN(c3ccccc3OC)CC2)cc1OC. The highest BCUT2D eigenvalue weighted by atomic mass is 16.5. The molecule has 1 unspecified atom stereocenters. The van der Waals surface area contributed by atoms with Gasteiger partial charge in [0, 0.05) is 44.2 Å². The van der Waals surface area contributed by atoms with E-state index < -0.39 is 0 Å². The Labute approximate surface area is 241 Å². The molecule has 3 aromatic carbocycles. The Morgan fingerprint density at radius 1 is 0.683 bits per heavy atom. The van der Waals surface area contributed by atoms with Gasteiger partial charge in [-0.3, -0.25) is 9.69 Å². The molecule has 2 aliphatic heterocycles. The van der Waals surface area contributed by atoms with Gasteiger partial charge in [0.15, 0.2) is 23.0 Å². The molecule has 0 aromatic heterocycles. The van der Waals surface area contributed by atoms with Crippen molar-refractivity contribution < 1.29 is 28.5 Å². The normalized spacial score (nSPS) is 15.7. The molecule has 1 fully saturated rings. The summed E-state index contributed by atoms with van der Waals surface area (Å²) in [6.45, 7) is 3.43. The van der Waals surface area contributed by atoms with Gasteiger partial charge in [-0.2, -0.15) is 0 Å². The fraction of sp³-hybridized carbons (Fsp3) is 0.375. The van der Waals surface area contributed by atoms with Crippen molar-refractivity contribution in [1.82, 2.24) is 4.90 Å². The van der Waals surface area contributed by atoms with Crippen molar-refractivity contribution in [1.29, 1.82) is 0 Å². The van der Waals surface area contributed by atoms with Crippen LogP contribution in [0, 0.1) is 0 Å². The lowest BCUT2D eigenvalue weighted by molar-refractivity contribution is 0.101. The number of carbonyl (C=O) groups is 1. The number of ether oxygens (including phenoxy) is 5. The summed E-state index contributed by atoms with van der Waals surface area (Å²) in [4.78, 5) is 22.3. The second-order valence-corrected chi connectivity index (χ2v) is 10.1. The Morgan fingerprint density at radius 3 is 1.95 bits per heavy atom. The number of amides is 1. The first-order valence-electron chi connectivity index (χ1n) is 13.7. The van der Waals surface area contributed by atoms with Gasteiger partial charge in [-0.15, -0.1) is 0 Å². The van der Waals surface area contributed by atoms with Gasteiger partial charge in [-0.1, -0.05) is 18.2 Å². The van der Waals surface area contributed by atoms with Crippen molar-refractivity contribution in [3.05, 3.63) is 71.3 Å². The smallest absolute Gasteiger partial charge is 0.278 e. The number of piperazine rings is 1. The third-order valence-electron chi connectivity index (χ3n) is 7.91. The Balaban J connectivity index is 1.42. The molecule has 0 saturated carbocycles. The summed E-state index contributed by atoms with van der Waals surface area (Å²) in [7, 11) is 8.15. The Morgan fingerprint density at radius 2 is 1.29 bits per heavy atom. The van der Waals surface area contributed by atoms with Crippen LogP contribution in [0.3, 0.4) is 0 Å². The van der Waals surface area contributed by atoms with Crippen molar-refractivity contribution in [2.45, 2.75) is 18.9 Å². The fourth-order valence-corrected chi connectivity index (χ4v) is 5.75. The van der Waals surface area contributed by atoms with Crippen LogP contribution in [-0.4, -0.2) is 84.3 Å². The number of benzene rings is 3. The molecule has 1 saturated heterocycles. The number of rotatable bonds is 11. The molecule has 216 valence electrons. The lowest BCUT2D eigenvalue weighted by atomic mass is 9.94. The van der Waals surface area contributed by atoms with E-state index in [-0.39, 0.29) is 11.9 Å². The van der Waals surface area contributed by atoms with Crippen LogP contribution in [0.5, 0.6) is 28.7 Å². The van der Waals surface area contributed by atoms with Gasteiger partial charge in [-0.25, -0.2) is 4.99 Å². The second kappa shape index (κ2) is 12.5. The predicted molar refractivity (Wildman–Crippen MR) is 159 cm³/mol. The molecule has 0 N–H and O–H groups in total. The average molecular weight is 560 g/mol. The maximum Gasteiger partial charge on any atom is 0.278 e. The summed E-state index contributed by atoms with van der Waals surface area (Å²) in [5.74, 6) is 3.12. The van der Waals surface area contributed by atoms with Gasteiger partial charge in [0.05, 0.1) is 52.5 Å². The van der Waals surface area contributed by atoms with Crippen LogP contribution in [0.4, 0.5) is 5.69 Å². The average Bonchev–Trinajstić information content (AvgIpc) is 3.33. The third-order valence-corrected chi connectivity index (χ3v) is 7.91. The minimum Gasteiger partial charge on any atom is -0.495 e. The van der Waals surface area contributed by atoms with Gasteiger partial charge >= 0.3 is 0 Å². The number of aliphatic imine (C=N–C) groups is 1. The van der Waals surface area contributed by atoms with Crippen LogP contribution < -0.4 is 28.6 Å². The quantitative estimate of drug-likeness (QED) is 0.340. The molecule has 5 rings (SSSR count). The molecule has 0 spiro atoms. The zero-order valence-electron chi connectivity index (χ0n) is 24.3. The zero-order valence-corrected chi connectivity index (χ0v) is 24.3. The number of nitrogens with zero attached hydrogens (tertiary/aromatic N) is 3. The molecule has 9 nitrogen and oxygen atoms in total. The minimum absolute atomic E-state index is 0.0958. The first-order chi connectivity index (χ1) is 20.0. The van der Waals surface area contributed by atoms with Gasteiger partial charge in [0.2, 0.25) is 0 Å². The summed E-state index contributed by atoms with van der Waals surface area (Å²) in [6.07, 6.45) is 1.36. The Kier molecular flexibility index (Phi) is 8.64. The molecule has 1 atom stereocenters. The van der Waals surface area contributed by atoms with Crippen LogP contribution in [-0.2, 0) is 6.42 Å². The molecular formula is C32H37N3O6. The highest BCUT2D eigenvalue weighted by Crippen LogP contribution is 2.36. The number of anilines is 1. The number of methoxy groups -OCH3 is 5. The maximum atomic E-state index is 12.9. The first kappa shape index (κ1) is 28.3. The topological polar surface area (TPSA) is 82.1 Å².